The third kappa shape index (κ3) is 5.05. The lowest BCUT2D eigenvalue weighted by Crippen LogP contribution is -2.22. The fourth-order valence-corrected chi connectivity index (χ4v) is 3.33. The largest absolute Gasteiger partial charge is 0.465 e. The number of fused-ring (bicyclic) bond motifs is 1. The van der Waals surface area contributed by atoms with Crippen LogP contribution >= 0.6 is 11.6 Å². The van der Waals surface area contributed by atoms with Gasteiger partial charge in [-0.25, -0.2) is 28.8 Å². The van der Waals surface area contributed by atoms with Crippen molar-refractivity contribution in [2.75, 3.05) is 17.7 Å². The lowest BCUT2D eigenvalue weighted by atomic mass is 10.2. The van der Waals surface area contributed by atoms with Crippen LogP contribution in [0, 0.1) is 0 Å². The molecule has 4 N–H and O–H groups in total. The standard InChI is InChI=1S/C20H20ClN9O4/c1-11(34-2)18-14(9-23-17-5-15(21)28-30(17)18)27-19(31)26-13-3-4-16(22-8-13)29-10-12(7-25-29)6-24-20(32)33/h3-5,7-11,24H,6H2,1-2H3,(H,32,33)(H2,26,27,31). The summed E-state index contributed by atoms with van der Waals surface area (Å²) in [5, 5.41) is 25.0. The van der Waals surface area contributed by atoms with E-state index in [1.165, 1.54) is 27.8 Å². The Bertz CT molecular complexity index is 1340. The van der Waals surface area contributed by atoms with Gasteiger partial charge in [-0.1, -0.05) is 11.6 Å². The minimum atomic E-state index is -1.12. The minimum absolute atomic E-state index is 0.129. The third-order valence-corrected chi connectivity index (χ3v) is 4.98. The van der Waals surface area contributed by atoms with Crippen molar-refractivity contribution in [2.24, 2.45) is 0 Å². The monoisotopic (exact) mass is 485 g/mol. The molecule has 0 aliphatic carbocycles. The van der Waals surface area contributed by atoms with Crippen LogP contribution in [0.1, 0.15) is 24.3 Å². The number of hydrogen-bond acceptors (Lipinski definition) is 7. The van der Waals surface area contributed by atoms with E-state index >= 15 is 0 Å². The smallest absolute Gasteiger partial charge is 0.404 e. The average Bonchev–Trinajstić information content (AvgIpc) is 3.43. The highest BCUT2D eigenvalue weighted by molar-refractivity contribution is 6.29. The van der Waals surface area contributed by atoms with Gasteiger partial charge in [0.15, 0.2) is 16.6 Å². The molecular formula is C20H20ClN9O4. The second kappa shape index (κ2) is 9.72. The Morgan fingerprint density at radius 1 is 1.21 bits per heavy atom. The Balaban J connectivity index is 1.46. The minimum Gasteiger partial charge on any atom is -0.465 e. The van der Waals surface area contributed by atoms with Crippen LogP contribution in [0.3, 0.4) is 0 Å². The summed E-state index contributed by atoms with van der Waals surface area (Å²) in [6, 6.07) is 4.41. The summed E-state index contributed by atoms with van der Waals surface area (Å²) in [6.45, 7) is 1.94. The zero-order valence-electron chi connectivity index (χ0n) is 18.1. The van der Waals surface area contributed by atoms with E-state index in [1.54, 1.807) is 31.5 Å². The van der Waals surface area contributed by atoms with Gasteiger partial charge in [-0.3, -0.25) is 0 Å². The SMILES string of the molecule is COC(C)c1c(NC(=O)Nc2ccc(-n3cc(CNC(=O)O)cn3)nc2)cnc2cc(Cl)nn12. The molecule has 4 aromatic rings. The summed E-state index contributed by atoms with van der Waals surface area (Å²) in [5.74, 6) is 0.494. The molecule has 0 bridgehead atoms. The van der Waals surface area contributed by atoms with E-state index in [-0.39, 0.29) is 11.7 Å². The number of anilines is 2. The van der Waals surface area contributed by atoms with Crippen molar-refractivity contribution in [3.05, 3.63) is 59.4 Å². The van der Waals surface area contributed by atoms with Gasteiger partial charge in [0.1, 0.15) is 0 Å². The van der Waals surface area contributed by atoms with Crippen molar-refractivity contribution in [3.63, 3.8) is 0 Å². The van der Waals surface area contributed by atoms with Gasteiger partial charge < -0.3 is 25.8 Å². The summed E-state index contributed by atoms with van der Waals surface area (Å²) in [7, 11) is 1.55. The Morgan fingerprint density at radius 2 is 2.03 bits per heavy atom. The van der Waals surface area contributed by atoms with E-state index in [9.17, 15) is 9.59 Å². The first-order chi connectivity index (χ1) is 16.3. The maximum absolute atomic E-state index is 12.6. The van der Waals surface area contributed by atoms with Crippen molar-refractivity contribution < 1.29 is 19.4 Å². The molecule has 13 nitrogen and oxygen atoms in total. The molecule has 0 aromatic carbocycles. The van der Waals surface area contributed by atoms with Crippen LogP contribution in [0.15, 0.2) is 43.0 Å². The molecule has 0 saturated heterocycles. The Kier molecular flexibility index (Phi) is 6.56. The van der Waals surface area contributed by atoms with Crippen LogP contribution in [0.4, 0.5) is 21.0 Å². The molecule has 0 radical (unpaired) electrons. The summed E-state index contributed by atoms with van der Waals surface area (Å²) in [4.78, 5) is 31.8. The van der Waals surface area contributed by atoms with Crippen molar-refractivity contribution in [2.45, 2.75) is 19.6 Å². The molecule has 0 saturated carbocycles. The lowest BCUT2D eigenvalue weighted by Gasteiger charge is -2.17. The lowest BCUT2D eigenvalue weighted by molar-refractivity contribution is 0.114. The number of carbonyl (C=O) groups is 2. The Hall–Kier alpha value is -4.23. The molecule has 4 aromatic heterocycles. The number of halogens is 1. The number of rotatable bonds is 7. The van der Waals surface area contributed by atoms with Crippen LogP contribution in [0.2, 0.25) is 5.15 Å². The molecule has 34 heavy (non-hydrogen) atoms. The van der Waals surface area contributed by atoms with Gasteiger partial charge in [0, 0.05) is 31.5 Å². The molecule has 0 fully saturated rings. The van der Waals surface area contributed by atoms with E-state index in [4.69, 9.17) is 21.4 Å². The highest BCUT2D eigenvalue weighted by Gasteiger charge is 2.19. The average molecular weight is 486 g/mol. The fraction of sp³-hybridized carbons (Fsp3) is 0.200. The van der Waals surface area contributed by atoms with Gasteiger partial charge >= 0.3 is 12.1 Å². The van der Waals surface area contributed by atoms with Gasteiger partial charge in [-0.15, -0.1) is 0 Å². The number of urea groups is 1. The number of ether oxygens (including phenoxy) is 1. The van der Waals surface area contributed by atoms with Gasteiger partial charge in [-0.2, -0.15) is 10.2 Å². The number of carbonyl (C=O) groups excluding carboxylic acids is 1. The summed E-state index contributed by atoms with van der Waals surface area (Å²) in [6.07, 6.45) is 4.65. The molecule has 3 amide bonds. The molecule has 176 valence electrons. The Morgan fingerprint density at radius 3 is 2.74 bits per heavy atom. The number of amides is 3. The zero-order chi connectivity index (χ0) is 24.2. The molecule has 1 unspecified atom stereocenters. The number of aromatic nitrogens is 6. The molecule has 0 aliphatic rings. The molecule has 4 rings (SSSR count). The number of nitrogens with zero attached hydrogens (tertiary/aromatic N) is 6. The summed E-state index contributed by atoms with van der Waals surface area (Å²) in [5.41, 5.74) is 2.63. The van der Waals surface area contributed by atoms with Crippen molar-refractivity contribution in [1.29, 1.82) is 0 Å². The highest BCUT2D eigenvalue weighted by Crippen LogP contribution is 2.26. The number of nitrogens with one attached hydrogen (secondary N) is 3. The van der Waals surface area contributed by atoms with Crippen LogP contribution in [-0.4, -0.2) is 53.7 Å². The van der Waals surface area contributed by atoms with E-state index in [2.05, 4.69) is 36.1 Å². The number of carboxylic acid groups (broad SMARTS) is 1. The van der Waals surface area contributed by atoms with E-state index in [0.29, 0.717) is 34.1 Å². The van der Waals surface area contributed by atoms with Crippen molar-refractivity contribution >= 4 is 40.7 Å². The van der Waals surface area contributed by atoms with Gasteiger partial charge in [0.25, 0.3) is 0 Å². The maximum atomic E-state index is 12.6. The van der Waals surface area contributed by atoms with Crippen LogP contribution in [0.25, 0.3) is 11.5 Å². The van der Waals surface area contributed by atoms with Crippen molar-refractivity contribution in [1.82, 2.24) is 34.7 Å². The molecular weight excluding hydrogens is 466 g/mol. The van der Waals surface area contributed by atoms with E-state index in [0.717, 1.165) is 0 Å². The number of hydrogen-bond donors (Lipinski definition) is 4. The predicted octanol–water partition coefficient (Wildman–Crippen LogP) is 3.08. The first-order valence-corrected chi connectivity index (χ1v) is 10.3. The predicted molar refractivity (Wildman–Crippen MR) is 122 cm³/mol. The van der Waals surface area contributed by atoms with E-state index < -0.39 is 18.2 Å². The Labute approximate surface area is 197 Å². The third-order valence-electron chi connectivity index (χ3n) is 4.80. The van der Waals surface area contributed by atoms with Crippen molar-refractivity contribution in [3.8, 4) is 5.82 Å². The molecule has 0 spiro atoms. The topological polar surface area (TPSA) is 161 Å². The molecule has 14 heteroatoms. The first-order valence-electron chi connectivity index (χ1n) is 9.96. The normalized spacial score (nSPS) is 11.9. The highest BCUT2D eigenvalue weighted by atomic mass is 35.5. The number of pyridine rings is 1. The second-order valence-corrected chi connectivity index (χ2v) is 7.50. The van der Waals surface area contributed by atoms with Gasteiger partial charge in [-0.05, 0) is 19.1 Å². The zero-order valence-corrected chi connectivity index (χ0v) is 18.8. The van der Waals surface area contributed by atoms with Gasteiger partial charge in [0.05, 0.1) is 41.8 Å². The van der Waals surface area contributed by atoms with E-state index in [1.807, 2.05) is 6.92 Å². The number of methoxy groups -OCH3 is 1. The van der Waals surface area contributed by atoms with Gasteiger partial charge in [0.2, 0.25) is 0 Å². The van der Waals surface area contributed by atoms with Crippen LogP contribution in [-0.2, 0) is 11.3 Å². The fourth-order valence-electron chi connectivity index (χ4n) is 3.16. The van der Waals surface area contributed by atoms with Crippen LogP contribution in [0.5, 0.6) is 0 Å². The summed E-state index contributed by atoms with van der Waals surface area (Å²) >= 11 is 6.00. The maximum Gasteiger partial charge on any atom is 0.404 e. The van der Waals surface area contributed by atoms with Crippen LogP contribution < -0.4 is 16.0 Å². The molecule has 1 atom stereocenters. The molecule has 0 aliphatic heterocycles. The quantitative estimate of drug-likeness (QED) is 0.310. The molecule has 4 heterocycles. The summed E-state index contributed by atoms with van der Waals surface area (Å²) < 4.78 is 8.44. The first kappa shape index (κ1) is 22.9. The second-order valence-electron chi connectivity index (χ2n) is 7.11.